The van der Waals surface area contributed by atoms with Crippen molar-refractivity contribution in [1.29, 1.82) is 0 Å². The number of benzene rings is 1. The SMILES string of the molecule is Cc1c(C2CC2)nc2ccc(-n3ccc(OCc4ccc(C(C)(C)C)cc4)cc3=O)cn12. The molecule has 0 aliphatic heterocycles. The summed E-state index contributed by atoms with van der Waals surface area (Å²) in [6, 6.07) is 15.7. The van der Waals surface area contributed by atoms with Gasteiger partial charge in [-0.15, -0.1) is 0 Å². The topological polar surface area (TPSA) is 48.5 Å². The van der Waals surface area contributed by atoms with E-state index in [0.717, 1.165) is 22.6 Å². The van der Waals surface area contributed by atoms with Crippen LogP contribution in [0, 0.1) is 6.92 Å². The Bertz CT molecular complexity index is 1340. The van der Waals surface area contributed by atoms with E-state index in [1.807, 2.05) is 24.4 Å². The van der Waals surface area contributed by atoms with Crippen molar-refractivity contribution in [3.05, 3.63) is 93.8 Å². The van der Waals surface area contributed by atoms with Gasteiger partial charge in [-0.1, -0.05) is 45.0 Å². The quantitative estimate of drug-likeness (QED) is 0.420. The average Bonchev–Trinajstić information content (AvgIpc) is 3.56. The van der Waals surface area contributed by atoms with Gasteiger partial charge in [0.2, 0.25) is 0 Å². The Morgan fingerprint density at radius 2 is 1.81 bits per heavy atom. The first kappa shape index (κ1) is 20.6. The molecule has 5 rings (SSSR count). The molecule has 1 aliphatic carbocycles. The molecule has 1 aliphatic rings. The summed E-state index contributed by atoms with van der Waals surface area (Å²) in [5.41, 5.74) is 6.47. The minimum atomic E-state index is -0.120. The van der Waals surface area contributed by atoms with Gasteiger partial charge in [0.05, 0.1) is 11.4 Å². The summed E-state index contributed by atoms with van der Waals surface area (Å²) in [6.45, 7) is 9.13. The lowest BCUT2D eigenvalue weighted by atomic mass is 9.87. The van der Waals surface area contributed by atoms with Crippen LogP contribution in [0.25, 0.3) is 11.3 Å². The molecular weight excluding hydrogens is 398 g/mol. The van der Waals surface area contributed by atoms with E-state index in [1.54, 1.807) is 16.8 Å². The number of pyridine rings is 2. The number of ether oxygens (including phenoxy) is 1. The van der Waals surface area contributed by atoms with E-state index in [9.17, 15) is 4.79 Å². The van der Waals surface area contributed by atoms with Gasteiger partial charge in [-0.05, 0) is 54.5 Å². The highest BCUT2D eigenvalue weighted by molar-refractivity contribution is 5.49. The highest BCUT2D eigenvalue weighted by atomic mass is 16.5. The Morgan fingerprint density at radius 1 is 1.06 bits per heavy atom. The minimum absolute atomic E-state index is 0.120. The third-order valence-corrected chi connectivity index (χ3v) is 6.24. The van der Waals surface area contributed by atoms with Crippen molar-refractivity contribution in [2.45, 2.75) is 58.5 Å². The minimum Gasteiger partial charge on any atom is -0.489 e. The fourth-order valence-corrected chi connectivity index (χ4v) is 4.09. The number of nitrogens with zero attached hydrogens (tertiary/aromatic N) is 3. The van der Waals surface area contributed by atoms with Crippen LogP contribution in [0.4, 0.5) is 0 Å². The number of hydrogen-bond acceptors (Lipinski definition) is 3. The van der Waals surface area contributed by atoms with Gasteiger partial charge in [-0.2, -0.15) is 0 Å². The van der Waals surface area contributed by atoms with Crippen LogP contribution >= 0.6 is 0 Å². The molecule has 4 aromatic rings. The lowest BCUT2D eigenvalue weighted by Crippen LogP contribution is -2.17. The molecule has 5 nitrogen and oxygen atoms in total. The molecule has 32 heavy (non-hydrogen) atoms. The summed E-state index contributed by atoms with van der Waals surface area (Å²) < 4.78 is 9.61. The molecule has 1 aromatic carbocycles. The highest BCUT2D eigenvalue weighted by Gasteiger charge is 2.28. The van der Waals surface area contributed by atoms with E-state index >= 15 is 0 Å². The maximum absolute atomic E-state index is 12.8. The number of fused-ring (bicyclic) bond motifs is 1. The van der Waals surface area contributed by atoms with Gasteiger partial charge < -0.3 is 9.14 Å². The molecule has 3 heterocycles. The molecule has 0 N–H and O–H groups in total. The summed E-state index contributed by atoms with van der Waals surface area (Å²) in [5, 5.41) is 0. The van der Waals surface area contributed by atoms with Crippen LogP contribution < -0.4 is 10.3 Å². The van der Waals surface area contributed by atoms with E-state index in [0.29, 0.717) is 18.3 Å². The summed E-state index contributed by atoms with van der Waals surface area (Å²) in [6.07, 6.45) is 6.20. The van der Waals surface area contributed by atoms with Crippen molar-refractivity contribution in [3.63, 3.8) is 0 Å². The molecule has 1 saturated carbocycles. The van der Waals surface area contributed by atoms with Crippen molar-refractivity contribution >= 4 is 5.65 Å². The fraction of sp³-hybridized carbons (Fsp3) is 0.333. The van der Waals surface area contributed by atoms with Crippen molar-refractivity contribution in [1.82, 2.24) is 14.0 Å². The monoisotopic (exact) mass is 427 g/mol. The molecule has 0 radical (unpaired) electrons. The zero-order chi connectivity index (χ0) is 22.5. The zero-order valence-electron chi connectivity index (χ0n) is 19.1. The first-order valence-corrected chi connectivity index (χ1v) is 11.2. The first-order chi connectivity index (χ1) is 15.3. The van der Waals surface area contributed by atoms with Crippen molar-refractivity contribution in [2.24, 2.45) is 0 Å². The number of imidazole rings is 1. The second kappa shape index (κ2) is 7.66. The van der Waals surface area contributed by atoms with Crippen LogP contribution in [0.5, 0.6) is 5.75 Å². The zero-order valence-corrected chi connectivity index (χ0v) is 19.1. The number of aromatic nitrogens is 3. The summed E-state index contributed by atoms with van der Waals surface area (Å²) in [7, 11) is 0. The average molecular weight is 428 g/mol. The smallest absolute Gasteiger partial charge is 0.258 e. The molecule has 0 unspecified atom stereocenters. The lowest BCUT2D eigenvalue weighted by Gasteiger charge is -2.19. The van der Waals surface area contributed by atoms with Crippen molar-refractivity contribution in [3.8, 4) is 11.4 Å². The Kier molecular flexibility index (Phi) is 4.92. The van der Waals surface area contributed by atoms with Crippen LogP contribution in [0.15, 0.2) is 65.7 Å². The summed E-state index contributed by atoms with van der Waals surface area (Å²) in [5.74, 6) is 1.17. The van der Waals surface area contributed by atoms with E-state index in [1.165, 1.54) is 24.1 Å². The van der Waals surface area contributed by atoms with E-state index in [4.69, 9.17) is 9.72 Å². The van der Waals surface area contributed by atoms with E-state index < -0.39 is 0 Å². The maximum Gasteiger partial charge on any atom is 0.258 e. The second-order valence-electron chi connectivity index (χ2n) is 9.78. The molecule has 3 aromatic heterocycles. The van der Waals surface area contributed by atoms with Gasteiger partial charge in [0.25, 0.3) is 5.56 Å². The van der Waals surface area contributed by atoms with Crippen LogP contribution in [-0.4, -0.2) is 14.0 Å². The van der Waals surface area contributed by atoms with Gasteiger partial charge >= 0.3 is 0 Å². The predicted octanol–water partition coefficient (Wildman–Crippen LogP) is 5.55. The molecule has 0 saturated heterocycles. The van der Waals surface area contributed by atoms with Crippen LogP contribution in [0.3, 0.4) is 0 Å². The molecular formula is C27H29N3O2. The molecule has 0 bridgehead atoms. The van der Waals surface area contributed by atoms with Crippen molar-refractivity contribution in [2.75, 3.05) is 0 Å². The molecule has 0 spiro atoms. The second-order valence-corrected chi connectivity index (χ2v) is 9.78. The molecule has 0 atom stereocenters. The fourth-order valence-electron chi connectivity index (χ4n) is 4.09. The molecule has 164 valence electrons. The predicted molar refractivity (Wildman–Crippen MR) is 127 cm³/mol. The first-order valence-electron chi connectivity index (χ1n) is 11.2. The maximum atomic E-state index is 12.8. The third kappa shape index (κ3) is 3.95. The van der Waals surface area contributed by atoms with Gasteiger partial charge in [0, 0.05) is 30.1 Å². The summed E-state index contributed by atoms with van der Waals surface area (Å²) in [4.78, 5) is 17.6. The number of hydrogen-bond donors (Lipinski definition) is 0. The van der Waals surface area contributed by atoms with Crippen molar-refractivity contribution < 1.29 is 4.74 Å². The van der Waals surface area contributed by atoms with Crippen LogP contribution in [-0.2, 0) is 12.0 Å². The van der Waals surface area contributed by atoms with Crippen LogP contribution in [0.1, 0.15) is 62.0 Å². The van der Waals surface area contributed by atoms with E-state index in [2.05, 4.69) is 56.4 Å². The molecule has 1 fully saturated rings. The number of rotatable bonds is 5. The van der Waals surface area contributed by atoms with E-state index in [-0.39, 0.29) is 11.0 Å². The Morgan fingerprint density at radius 3 is 2.47 bits per heavy atom. The standard InChI is InChI=1S/C27H29N3O2/c1-18-26(20-7-8-20)28-24-12-11-22(16-30(18)24)29-14-13-23(15-25(29)31)32-17-19-5-9-21(10-6-19)27(2,3)4/h5-6,9-16,20H,7-8,17H2,1-4H3. The molecule has 5 heteroatoms. The highest BCUT2D eigenvalue weighted by Crippen LogP contribution is 2.41. The van der Waals surface area contributed by atoms with Crippen LogP contribution in [0.2, 0.25) is 0 Å². The third-order valence-electron chi connectivity index (χ3n) is 6.24. The lowest BCUT2D eigenvalue weighted by molar-refractivity contribution is 0.305. The van der Waals surface area contributed by atoms with Gasteiger partial charge in [-0.3, -0.25) is 9.36 Å². The molecule has 0 amide bonds. The van der Waals surface area contributed by atoms with Gasteiger partial charge in [-0.25, -0.2) is 4.98 Å². The Balaban J connectivity index is 1.34. The number of aryl methyl sites for hydroxylation is 1. The summed E-state index contributed by atoms with van der Waals surface area (Å²) >= 11 is 0. The Labute approximate surface area is 188 Å². The normalized spacial score (nSPS) is 14.1. The van der Waals surface area contributed by atoms with Gasteiger partial charge in [0.15, 0.2) is 0 Å². The Hall–Kier alpha value is -3.34. The largest absolute Gasteiger partial charge is 0.489 e. The van der Waals surface area contributed by atoms with Gasteiger partial charge in [0.1, 0.15) is 18.0 Å².